The maximum Gasteiger partial charge on any atom is 0.224 e. The van der Waals surface area contributed by atoms with Crippen LogP contribution in [0, 0.1) is 0 Å². The molecule has 1 fully saturated rings. The van der Waals surface area contributed by atoms with Crippen molar-refractivity contribution in [3.63, 3.8) is 0 Å². The van der Waals surface area contributed by atoms with Gasteiger partial charge in [-0.25, -0.2) is 0 Å². The zero-order chi connectivity index (χ0) is 17.5. The molecular weight excluding hydrogens is 310 g/mol. The van der Waals surface area contributed by atoms with E-state index in [1.807, 2.05) is 23.1 Å². The average Bonchev–Trinajstić information content (AvgIpc) is 2.83. The van der Waals surface area contributed by atoms with Crippen LogP contribution in [0.5, 0.6) is 0 Å². The Hall–Kier alpha value is -2.20. The fourth-order valence-corrected chi connectivity index (χ4v) is 3.31. The van der Waals surface area contributed by atoms with Gasteiger partial charge in [0.05, 0.1) is 12.2 Å². The topological polar surface area (TPSA) is 36.4 Å². The van der Waals surface area contributed by atoms with Crippen molar-refractivity contribution in [2.45, 2.75) is 32.2 Å². The highest BCUT2D eigenvalue weighted by atomic mass is 16.2. The minimum Gasteiger partial charge on any atom is -0.335 e. The van der Waals surface area contributed by atoms with Crippen LogP contribution in [0.25, 0.3) is 0 Å². The second kappa shape index (κ2) is 8.77. The number of carbonyl (C=O) groups excluding carboxylic acids is 1. The highest BCUT2D eigenvalue weighted by molar-refractivity contribution is 5.76. The van der Waals surface area contributed by atoms with Gasteiger partial charge in [-0.05, 0) is 36.6 Å². The number of nitrogens with zero attached hydrogens (tertiary/aromatic N) is 3. The number of pyridine rings is 1. The van der Waals surface area contributed by atoms with Crippen molar-refractivity contribution in [3.8, 4) is 0 Å². The summed E-state index contributed by atoms with van der Waals surface area (Å²) in [6.07, 6.45) is 3.51. The molecule has 1 aromatic carbocycles. The fraction of sp³-hybridized carbons (Fsp3) is 0.429. The SMILES string of the molecule is CC(CCN1CCC(=O)N(Cc2ccccn2)CC1)c1ccccc1. The van der Waals surface area contributed by atoms with E-state index < -0.39 is 0 Å². The molecular formula is C21H27N3O. The van der Waals surface area contributed by atoms with Crippen LogP contribution in [0.2, 0.25) is 0 Å². The number of rotatable bonds is 6. The number of carbonyl (C=O) groups is 1. The summed E-state index contributed by atoms with van der Waals surface area (Å²) in [7, 11) is 0. The smallest absolute Gasteiger partial charge is 0.224 e. The van der Waals surface area contributed by atoms with Crippen molar-refractivity contribution in [3.05, 3.63) is 66.0 Å². The molecule has 1 saturated heterocycles. The van der Waals surface area contributed by atoms with E-state index in [1.54, 1.807) is 6.20 Å². The zero-order valence-electron chi connectivity index (χ0n) is 15.0. The minimum absolute atomic E-state index is 0.240. The van der Waals surface area contributed by atoms with Crippen LogP contribution in [-0.4, -0.2) is 46.9 Å². The quantitative estimate of drug-likeness (QED) is 0.811. The monoisotopic (exact) mass is 337 g/mol. The van der Waals surface area contributed by atoms with Gasteiger partial charge in [-0.2, -0.15) is 0 Å². The highest BCUT2D eigenvalue weighted by Gasteiger charge is 2.21. The first-order valence-corrected chi connectivity index (χ1v) is 9.17. The molecule has 3 rings (SSSR count). The van der Waals surface area contributed by atoms with E-state index in [0.29, 0.717) is 18.9 Å². The van der Waals surface area contributed by atoms with Crippen molar-refractivity contribution in [2.75, 3.05) is 26.2 Å². The molecule has 1 atom stereocenters. The summed E-state index contributed by atoms with van der Waals surface area (Å²) >= 11 is 0. The third kappa shape index (κ3) is 5.13. The lowest BCUT2D eigenvalue weighted by Gasteiger charge is -2.23. The summed E-state index contributed by atoms with van der Waals surface area (Å²) in [5.74, 6) is 0.786. The van der Waals surface area contributed by atoms with Gasteiger partial charge in [-0.15, -0.1) is 0 Å². The largest absolute Gasteiger partial charge is 0.335 e. The molecule has 0 spiro atoms. The third-order valence-electron chi connectivity index (χ3n) is 5.01. The maximum atomic E-state index is 12.4. The van der Waals surface area contributed by atoms with Crippen LogP contribution < -0.4 is 0 Å². The Labute approximate surface area is 150 Å². The van der Waals surface area contributed by atoms with Gasteiger partial charge >= 0.3 is 0 Å². The molecule has 1 unspecified atom stereocenters. The molecule has 0 saturated carbocycles. The van der Waals surface area contributed by atoms with Crippen LogP contribution in [-0.2, 0) is 11.3 Å². The summed E-state index contributed by atoms with van der Waals surface area (Å²) < 4.78 is 0. The lowest BCUT2D eigenvalue weighted by Crippen LogP contribution is -2.33. The van der Waals surface area contributed by atoms with Crippen molar-refractivity contribution in [1.82, 2.24) is 14.8 Å². The molecule has 1 amide bonds. The van der Waals surface area contributed by atoms with E-state index in [9.17, 15) is 4.79 Å². The predicted molar refractivity (Wildman–Crippen MR) is 100 cm³/mol. The van der Waals surface area contributed by atoms with Crippen LogP contribution >= 0.6 is 0 Å². The molecule has 0 N–H and O–H groups in total. The molecule has 2 heterocycles. The molecule has 132 valence electrons. The number of aromatic nitrogens is 1. The van der Waals surface area contributed by atoms with Gasteiger partial charge in [0.1, 0.15) is 0 Å². The lowest BCUT2D eigenvalue weighted by atomic mass is 9.98. The van der Waals surface area contributed by atoms with Gasteiger partial charge in [0.15, 0.2) is 0 Å². The molecule has 2 aromatic rings. The Morgan fingerprint density at radius 2 is 1.84 bits per heavy atom. The second-order valence-corrected chi connectivity index (χ2v) is 6.83. The second-order valence-electron chi connectivity index (χ2n) is 6.83. The molecule has 0 aliphatic carbocycles. The number of hydrogen-bond donors (Lipinski definition) is 0. The summed E-state index contributed by atoms with van der Waals surface area (Å²) in [4.78, 5) is 21.1. The summed E-state index contributed by atoms with van der Waals surface area (Å²) in [6, 6.07) is 16.5. The molecule has 1 aliphatic rings. The van der Waals surface area contributed by atoms with Crippen molar-refractivity contribution >= 4 is 5.91 Å². The molecule has 1 aromatic heterocycles. The van der Waals surface area contributed by atoms with Gasteiger partial charge in [-0.3, -0.25) is 9.78 Å². The Morgan fingerprint density at radius 3 is 2.60 bits per heavy atom. The highest BCUT2D eigenvalue weighted by Crippen LogP contribution is 2.19. The summed E-state index contributed by atoms with van der Waals surface area (Å²) in [6.45, 7) is 6.54. The normalized spacial score (nSPS) is 17.3. The zero-order valence-corrected chi connectivity index (χ0v) is 15.0. The molecule has 0 radical (unpaired) electrons. The van der Waals surface area contributed by atoms with E-state index >= 15 is 0 Å². The Bertz CT molecular complexity index is 659. The van der Waals surface area contributed by atoms with Gasteiger partial charge in [0.2, 0.25) is 5.91 Å². The third-order valence-corrected chi connectivity index (χ3v) is 5.01. The average molecular weight is 337 g/mol. The van der Waals surface area contributed by atoms with Gasteiger partial charge in [-0.1, -0.05) is 43.3 Å². The predicted octanol–water partition coefficient (Wildman–Crippen LogP) is 3.31. The van der Waals surface area contributed by atoms with Crippen LogP contribution in [0.1, 0.15) is 36.9 Å². The number of hydrogen-bond acceptors (Lipinski definition) is 3. The minimum atomic E-state index is 0.240. The summed E-state index contributed by atoms with van der Waals surface area (Å²) in [5, 5.41) is 0. The number of benzene rings is 1. The van der Waals surface area contributed by atoms with Gasteiger partial charge in [0, 0.05) is 32.3 Å². The van der Waals surface area contributed by atoms with E-state index in [0.717, 1.165) is 38.3 Å². The number of amides is 1. The Balaban J connectivity index is 1.50. The van der Waals surface area contributed by atoms with Crippen LogP contribution in [0.3, 0.4) is 0 Å². The van der Waals surface area contributed by atoms with E-state index in [4.69, 9.17) is 0 Å². The van der Waals surface area contributed by atoms with Crippen LogP contribution in [0.4, 0.5) is 0 Å². The van der Waals surface area contributed by atoms with Crippen molar-refractivity contribution in [2.24, 2.45) is 0 Å². The van der Waals surface area contributed by atoms with Crippen LogP contribution in [0.15, 0.2) is 54.7 Å². The summed E-state index contributed by atoms with van der Waals surface area (Å²) in [5.41, 5.74) is 2.35. The first-order valence-electron chi connectivity index (χ1n) is 9.17. The molecule has 4 heteroatoms. The standard InChI is InChI=1S/C21H27N3O/c1-18(19-7-3-2-4-8-19)10-13-23-14-11-21(25)24(16-15-23)17-20-9-5-6-12-22-20/h2-9,12,18H,10-11,13-17H2,1H3. The molecule has 25 heavy (non-hydrogen) atoms. The van der Waals surface area contributed by atoms with Crippen molar-refractivity contribution in [1.29, 1.82) is 0 Å². The first-order chi connectivity index (χ1) is 12.2. The molecule has 0 bridgehead atoms. The fourth-order valence-electron chi connectivity index (χ4n) is 3.31. The Morgan fingerprint density at radius 1 is 1.04 bits per heavy atom. The first kappa shape index (κ1) is 17.6. The molecule has 1 aliphatic heterocycles. The van der Waals surface area contributed by atoms with Crippen molar-refractivity contribution < 1.29 is 4.79 Å². The van der Waals surface area contributed by atoms with E-state index in [1.165, 1.54) is 5.56 Å². The lowest BCUT2D eigenvalue weighted by molar-refractivity contribution is -0.131. The van der Waals surface area contributed by atoms with E-state index in [-0.39, 0.29) is 5.91 Å². The van der Waals surface area contributed by atoms with E-state index in [2.05, 4.69) is 47.1 Å². The molecule has 4 nitrogen and oxygen atoms in total. The maximum absolute atomic E-state index is 12.4. The van der Waals surface area contributed by atoms with Gasteiger partial charge < -0.3 is 9.80 Å². The van der Waals surface area contributed by atoms with Gasteiger partial charge in [0.25, 0.3) is 0 Å². The Kier molecular flexibility index (Phi) is 6.18.